The molecule has 122 valence electrons. The highest BCUT2D eigenvalue weighted by Crippen LogP contribution is 2.26. The van der Waals surface area contributed by atoms with E-state index in [0.717, 1.165) is 45.3 Å². The van der Waals surface area contributed by atoms with Crippen molar-refractivity contribution in [2.75, 3.05) is 37.7 Å². The summed E-state index contributed by atoms with van der Waals surface area (Å²) in [6.45, 7) is 5.85. The van der Waals surface area contributed by atoms with E-state index in [4.69, 9.17) is 4.74 Å². The SMILES string of the molecule is c1cnc(N2CCO[C@H]3CN(Cc4ccsc4)CC[C@H]3C2)nc1. The normalized spacial score (nSPS) is 25.8. The van der Waals surface area contributed by atoms with E-state index in [1.165, 1.54) is 12.0 Å². The number of nitrogens with zero attached hydrogens (tertiary/aromatic N) is 4. The molecule has 0 radical (unpaired) electrons. The average molecular weight is 330 g/mol. The third-order valence-corrected chi connectivity index (χ3v) is 5.48. The monoisotopic (exact) mass is 330 g/mol. The van der Waals surface area contributed by atoms with E-state index in [-0.39, 0.29) is 0 Å². The molecule has 5 nitrogen and oxygen atoms in total. The quantitative estimate of drug-likeness (QED) is 0.863. The van der Waals surface area contributed by atoms with Crippen LogP contribution in [0.2, 0.25) is 0 Å². The van der Waals surface area contributed by atoms with Crippen LogP contribution in [0.1, 0.15) is 12.0 Å². The minimum atomic E-state index is 0.330. The van der Waals surface area contributed by atoms with Gasteiger partial charge in [-0.15, -0.1) is 0 Å². The Morgan fingerprint density at radius 2 is 2.13 bits per heavy atom. The summed E-state index contributed by atoms with van der Waals surface area (Å²) in [6, 6.07) is 4.09. The van der Waals surface area contributed by atoms with Crippen molar-refractivity contribution in [3.8, 4) is 0 Å². The molecule has 0 amide bonds. The van der Waals surface area contributed by atoms with E-state index >= 15 is 0 Å². The fourth-order valence-electron chi connectivity index (χ4n) is 3.54. The number of hydrogen-bond acceptors (Lipinski definition) is 6. The van der Waals surface area contributed by atoms with Gasteiger partial charge in [0.15, 0.2) is 0 Å². The van der Waals surface area contributed by atoms with Crippen molar-refractivity contribution in [2.45, 2.75) is 19.1 Å². The van der Waals surface area contributed by atoms with E-state index in [0.29, 0.717) is 12.0 Å². The second-order valence-electron chi connectivity index (χ2n) is 6.32. The van der Waals surface area contributed by atoms with Crippen LogP contribution in [0.3, 0.4) is 0 Å². The molecule has 4 rings (SSSR count). The third-order valence-electron chi connectivity index (χ3n) is 4.75. The molecule has 2 aromatic rings. The molecule has 2 aliphatic rings. The first kappa shape index (κ1) is 15.1. The number of ether oxygens (including phenoxy) is 1. The number of fused-ring (bicyclic) bond motifs is 1. The molecule has 2 saturated heterocycles. The highest BCUT2D eigenvalue weighted by atomic mass is 32.1. The number of anilines is 1. The van der Waals surface area contributed by atoms with E-state index in [1.54, 1.807) is 11.3 Å². The number of piperidine rings is 1. The summed E-state index contributed by atoms with van der Waals surface area (Å²) in [6.07, 6.45) is 5.14. The maximum absolute atomic E-state index is 6.17. The van der Waals surface area contributed by atoms with Gasteiger partial charge < -0.3 is 9.64 Å². The first-order chi connectivity index (χ1) is 11.4. The van der Waals surface area contributed by atoms with Crippen molar-refractivity contribution in [3.63, 3.8) is 0 Å². The lowest BCUT2D eigenvalue weighted by molar-refractivity contribution is -0.0239. The van der Waals surface area contributed by atoms with Crippen LogP contribution in [0, 0.1) is 5.92 Å². The van der Waals surface area contributed by atoms with Gasteiger partial charge in [0.05, 0.1) is 12.7 Å². The fraction of sp³-hybridized carbons (Fsp3) is 0.529. The molecule has 2 aromatic heterocycles. The van der Waals surface area contributed by atoms with Gasteiger partial charge >= 0.3 is 0 Å². The Morgan fingerprint density at radius 1 is 1.22 bits per heavy atom. The lowest BCUT2D eigenvalue weighted by Gasteiger charge is -2.37. The largest absolute Gasteiger partial charge is 0.375 e. The Kier molecular flexibility index (Phi) is 4.55. The van der Waals surface area contributed by atoms with Crippen LogP contribution in [0.15, 0.2) is 35.3 Å². The number of aromatic nitrogens is 2. The van der Waals surface area contributed by atoms with Crippen molar-refractivity contribution in [2.24, 2.45) is 5.92 Å². The number of likely N-dealkylation sites (tertiary alicyclic amines) is 1. The van der Waals surface area contributed by atoms with Crippen LogP contribution in [-0.4, -0.2) is 53.8 Å². The van der Waals surface area contributed by atoms with Crippen LogP contribution >= 0.6 is 11.3 Å². The highest BCUT2D eigenvalue weighted by Gasteiger charge is 2.33. The minimum absolute atomic E-state index is 0.330. The van der Waals surface area contributed by atoms with Gasteiger partial charge in [-0.25, -0.2) is 9.97 Å². The van der Waals surface area contributed by atoms with Gasteiger partial charge in [0.1, 0.15) is 0 Å². The van der Waals surface area contributed by atoms with E-state index < -0.39 is 0 Å². The van der Waals surface area contributed by atoms with Crippen LogP contribution in [0.4, 0.5) is 5.95 Å². The first-order valence-electron chi connectivity index (χ1n) is 8.25. The first-order valence-corrected chi connectivity index (χ1v) is 9.20. The topological polar surface area (TPSA) is 41.5 Å². The van der Waals surface area contributed by atoms with Gasteiger partial charge in [-0.2, -0.15) is 11.3 Å². The molecule has 0 unspecified atom stereocenters. The second kappa shape index (κ2) is 6.95. The molecule has 0 aliphatic carbocycles. The summed E-state index contributed by atoms with van der Waals surface area (Å²) in [5, 5.41) is 4.40. The van der Waals surface area contributed by atoms with Gasteiger partial charge in [-0.05, 0) is 41.4 Å². The minimum Gasteiger partial charge on any atom is -0.375 e. The zero-order valence-corrected chi connectivity index (χ0v) is 14.0. The van der Waals surface area contributed by atoms with Crippen LogP contribution < -0.4 is 4.90 Å². The molecule has 2 aliphatic heterocycles. The average Bonchev–Trinajstić information content (AvgIpc) is 3.00. The molecule has 2 fully saturated rings. The number of rotatable bonds is 3. The van der Waals surface area contributed by atoms with E-state index in [9.17, 15) is 0 Å². The Labute approximate surface area is 140 Å². The Morgan fingerprint density at radius 3 is 2.96 bits per heavy atom. The smallest absolute Gasteiger partial charge is 0.225 e. The van der Waals surface area contributed by atoms with Gasteiger partial charge in [-0.3, -0.25) is 4.90 Å². The lowest BCUT2D eigenvalue weighted by atomic mass is 9.93. The second-order valence-corrected chi connectivity index (χ2v) is 7.10. The zero-order valence-electron chi connectivity index (χ0n) is 13.2. The molecule has 23 heavy (non-hydrogen) atoms. The van der Waals surface area contributed by atoms with Crippen molar-refractivity contribution in [1.82, 2.24) is 14.9 Å². The van der Waals surface area contributed by atoms with Gasteiger partial charge in [0.25, 0.3) is 0 Å². The number of hydrogen-bond donors (Lipinski definition) is 0. The zero-order chi connectivity index (χ0) is 15.5. The lowest BCUT2D eigenvalue weighted by Crippen LogP contribution is -2.46. The molecule has 0 bridgehead atoms. The summed E-state index contributed by atoms with van der Waals surface area (Å²) in [5.41, 5.74) is 1.42. The predicted octanol–water partition coefficient (Wildman–Crippen LogP) is 2.27. The van der Waals surface area contributed by atoms with Crippen LogP contribution in [0.25, 0.3) is 0 Å². The Balaban J connectivity index is 1.40. The molecule has 0 N–H and O–H groups in total. The molecular formula is C17H22N4OS. The fourth-order valence-corrected chi connectivity index (χ4v) is 4.20. The van der Waals surface area contributed by atoms with Crippen molar-refractivity contribution in [1.29, 1.82) is 0 Å². The summed E-state index contributed by atoms with van der Waals surface area (Å²) in [5.74, 6) is 1.40. The summed E-state index contributed by atoms with van der Waals surface area (Å²) in [7, 11) is 0. The van der Waals surface area contributed by atoms with E-state index in [1.807, 2.05) is 18.5 Å². The molecule has 6 heteroatoms. The van der Waals surface area contributed by atoms with Crippen molar-refractivity contribution in [3.05, 3.63) is 40.8 Å². The van der Waals surface area contributed by atoms with Crippen molar-refractivity contribution < 1.29 is 4.74 Å². The van der Waals surface area contributed by atoms with Gasteiger partial charge in [0.2, 0.25) is 5.95 Å². The Hall–Kier alpha value is -1.50. The Bertz CT molecular complexity index is 606. The van der Waals surface area contributed by atoms with Gasteiger partial charge in [-0.1, -0.05) is 0 Å². The molecule has 0 saturated carbocycles. The maximum atomic E-state index is 6.17. The molecule has 2 atom stereocenters. The summed E-state index contributed by atoms with van der Waals surface area (Å²) >= 11 is 1.77. The third kappa shape index (κ3) is 3.54. The predicted molar refractivity (Wildman–Crippen MR) is 91.7 cm³/mol. The molecule has 4 heterocycles. The molecule has 0 spiro atoms. The highest BCUT2D eigenvalue weighted by molar-refractivity contribution is 7.07. The molecule has 0 aromatic carbocycles. The summed E-state index contributed by atoms with van der Waals surface area (Å²) in [4.78, 5) is 13.6. The molecular weight excluding hydrogens is 308 g/mol. The standard InChI is InChI=1S/C17H22N4OS/c1-4-18-17(19-5-1)21-7-8-22-16-12-20(6-2-15(16)11-21)10-14-3-9-23-13-14/h1,3-5,9,13,15-16H,2,6-8,10-12H2/t15-,16-/m0/s1. The van der Waals surface area contributed by atoms with Crippen LogP contribution in [0.5, 0.6) is 0 Å². The number of thiophene rings is 1. The van der Waals surface area contributed by atoms with E-state index in [2.05, 4.69) is 36.6 Å². The van der Waals surface area contributed by atoms with Crippen LogP contribution in [-0.2, 0) is 11.3 Å². The van der Waals surface area contributed by atoms with Gasteiger partial charge in [0, 0.05) is 44.5 Å². The maximum Gasteiger partial charge on any atom is 0.225 e. The van der Waals surface area contributed by atoms with Crippen molar-refractivity contribution >= 4 is 17.3 Å². The summed E-state index contributed by atoms with van der Waals surface area (Å²) < 4.78 is 6.17.